The summed E-state index contributed by atoms with van der Waals surface area (Å²) in [4.78, 5) is 54.3. The summed E-state index contributed by atoms with van der Waals surface area (Å²) in [5.74, 6) is 1.38. The third-order valence-corrected chi connectivity index (χ3v) is 11.3. The Morgan fingerprint density at radius 1 is 0.852 bits per heavy atom. The van der Waals surface area contributed by atoms with E-state index in [1.807, 2.05) is 49.5 Å². The van der Waals surface area contributed by atoms with E-state index in [-0.39, 0.29) is 24.1 Å². The molecule has 1 saturated heterocycles. The van der Waals surface area contributed by atoms with Crippen LogP contribution in [0.1, 0.15) is 77.6 Å². The van der Waals surface area contributed by atoms with Gasteiger partial charge in [0.25, 0.3) is 5.91 Å². The Morgan fingerprint density at radius 2 is 1.56 bits per heavy atom. The summed E-state index contributed by atoms with van der Waals surface area (Å²) in [5.41, 5.74) is 7.29. The van der Waals surface area contributed by atoms with Crippen LogP contribution in [-0.4, -0.2) is 71.3 Å². The van der Waals surface area contributed by atoms with Gasteiger partial charge >= 0.3 is 0 Å². The average Bonchev–Trinajstić information content (AvgIpc) is 3.53. The molecule has 1 atom stereocenters. The van der Waals surface area contributed by atoms with Crippen molar-refractivity contribution in [1.82, 2.24) is 15.1 Å². The first-order valence-corrected chi connectivity index (χ1v) is 20.1. The lowest BCUT2D eigenvalue weighted by Gasteiger charge is -2.29. The number of nitrogens with one attached hydrogen (secondary N) is 1. The molecule has 0 radical (unpaired) electrons. The van der Waals surface area contributed by atoms with E-state index in [1.54, 1.807) is 21.6 Å². The lowest BCUT2D eigenvalue weighted by Crippen LogP contribution is -2.52. The predicted molar refractivity (Wildman–Crippen MR) is 215 cm³/mol. The summed E-state index contributed by atoms with van der Waals surface area (Å²) in [6.45, 7) is 1.26. The number of nitrogens with zero attached hydrogens (tertiary/aromatic N) is 2. The predicted octanol–water partition coefficient (Wildman–Crippen LogP) is 8.23. The average molecular weight is 764 g/mol. The highest BCUT2D eigenvalue weighted by Crippen LogP contribution is 2.36. The number of carbonyl (C=O) groups is 4. The van der Waals surface area contributed by atoms with Gasteiger partial charge in [0.2, 0.25) is 17.7 Å². The number of thioether (sulfide) groups is 1. The van der Waals surface area contributed by atoms with Crippen LogP contribution >= 0.6 is 23.4 Å². The number of unbranched alkanes of at least 4 members (excludes halogenated alkanes) is 2. The minimum atomic E-state index is -0.619. The van der Waals surface area contributed by atoms with E-state index in [9.17, 15) is 19.2 Å². The van der Waals surface area contributed by atoms with Crippen molar-refractivity contribution in [2.75, 3.05) is 31.8 Å². The van der Waals surface area contributed by atoms with Gasteiger partial charge < -0.3 is 14.5 Å². The fraction of sp³-hybridized carbons (Fsp3) is 0.318. The topological polar surface area (TPSA) is 96.0 Å². The summed E-state index contributed by atoms with van der Waals surface area (Å²) >= 11 is 8.01. The van der Waals surface area contributed by atoms with Gasteiger partial charge in [-0.2, -0.15) is 0 Å². The largest absolute Gasteiger partial charge is 0.492 e. The number of hydrogen-bond donors (Lipinski definition) is 1. The van der Waals surface area contributed by atoms with Crippen molar-refractivity contribution in [3.63, 3.8) is 0 Å². The van der Waals surface area contributed by atoms with Gasteiger partial charge in [0.1, 0.15) is 18.4 Å². The first-order chi connectivity index (χ1) is 26.3. The number of ether oxygens (including phenoxy) is 1. The number of likely N-dealkylation sites (N-methyl/N-ethyl adjacent to an activating group) is 1. The van der Waals surface area contributed by atoms with Crippen LogP contribution in [0.3, 0.4) is 0 Å². The molecule has 0 spiro atoms. The number of halogens is 1. The number of hydrogen-bond acceptors (Lipinski definition) is 6. The quantitative estimate of drug-likeness (QED) is 0.0383. The van der Waals surface area contributed by atoms with Crippen LogP contribution in [0, 0.1) is 0 Å². The van der Waals surface area contributed by atoms with Crippen LogP contribution in [0.5, 0.6) is 5.75 Å². The first-order valence-electron chi connectivity index (χ1n) is 18.6. The van der Waals surface area contributed by atoms with Crippen LogP contribution in [0.2, 0.25) is 0 Å². The number of imide groups is 1. The fourth-order valence-electron chi connectivity index (χ4n) is 7.03. The highest BCUT2D eigenvalue weighted by molar-refractivity contribution is 7.99. The lowest BCUT2D eigenvalue weighted by atomic mass is 9.88. The molecule has 1 N–H and O–H groups in total. The van der Waals surface area contributed by atoms with E-state index < -0.39 is 11.9 Å². The minimum Gasteiger partial charge on any atom is -0.492 e. The highest BCUT2D eigenvalue weighted by Gasteiger charge is 2.39. The fourth-order valence-corrected chi connectivity index (χ4v) is 8.31. The summed E-state index contributed by atoms with van der Waals surface area (Å²) in [7, 11) is 1.82. The van der Waals surface area contributed by atoms with E-state index in [0.717, 1.165) is 69.9 Å². The van der Waals surface area contributed by atoms with Gasteiger partial charge in [0.15, 0.2) is 0 Å². The Kier molecular flexibility index (Phi) is 13.6. The molecule has 6 rings (SSSR count). The summed E-state index contributed by atoms with van der Waals surface area (Å²) < 4.78 is 6.06. The second-order valence-electron chi connectivity index (χ2n) is 13.6. The number of allylic oxidation sites excluding steroid dienone is 1. The molecule has 0 aromatic heterocycles. The Bertz CT molecular complexity index is 1970. The summed E-state index contributed by atoms with van der Waals surface area (Å²) in [6.07, 6.45) is 4.46. The van der Waals surface area contributed by atoms with Crippen LogP contribution in [-0.2, 0) is 20.9 Å². The van der Waals surface area contributed by atoms with Gasteiger partial charge in [-0.15, -0.1) is 23.4 Å². The highest BCUT2D eigenvalue weighted by atomic mass is 35.5. The second-order valence-corrected chi connectivity index (χ2v) is 15.1. The molecule has 10 heteroatoms. The normalized spacial score (nSPS) is 15.8. The molecule has 54 heavy (non-hydrogen) atoms. The zero-order valence-electron chi connectivity index (χ0n) is 30.6. The van der Waals surface area contributed by atoms with E-state index in [4.69, 9.17) is 16.3 Å². The molecule has 280 valence electrons. The van der Waals surface area contributed by atoms with Crippen molar-refractivity contribution in [2.45, 2.75) is 62.4 Å². The van der Waals surface area contributed by atoms with Crippen molar-refractivity contribution < 1.29 is 23.9 Å². The molecule has 1 fully saturated rings. The number of rotatable bonds is 17. The Balaban J connectivity index is 0.935. The molecule has 0 bridgehead atoms. The number of benzene rings is 4. The molecule has 2 aliphatic heterocycles. The molecule has 4 amide bonds. The number of amides is 4. The van der Waals surface area contributed by atoms with E-state index in [1.165, 1.54) is 5.57 Å². The zero-order valence-corrected chi connectivity index (χ0v) is 32.2. The van der Waals surface area contributed by atoms with Gasteiger partial charge in [-0.3, -0.25) is 24.5 Å². The monoisotopic (exact) mass is 763 g/mol. The number of alkyl halides is 1. The molecule has 0 aliphatic carbocycles. The molecule has 4 aromatic rings. The maximum atomic E-state index is 13.1. The van der Waals surface area contributed by atoms with Gasteiger partial charge in [-0.25, -0.2) is 0 Å². The number of fused-ring (bicyclic) bond motifs is 1. The minimum absolute atomic E-state index is 0.0971. The van der Waals surface area contributed by atoms with Gasteiger partial charge in [0, 0.05) is 42.8 Å². The van der Waals surface area contributed by atoms with Crippen LogP contribution in [0.25, 0.3) is 11.1 Å². The van der Waals surface area contributed by atoms with Crippen molar-refractivity contribution in [1.29, 1.82) is 0 Å². The second kappa shape index (κ2) is 18.9. The van der Waals surface area contributed by atoms with Gasteiger partial charge in [-0.05, 0) is 89.1 Å². The SMILES string of the molecule is CN(CCOc1ccc(C(=C(CCCl)c2ccccc2)c2ccccc2)cc1)C(=O)CCCCCSc1cccc2c1CN(C1CCC(=O)NC1=O)C2=O. The van der Waals surface area contributed by atoms with Crippen LogP contribution in [0.4, 0.5) is 0 Å². The van der Waals surface area contributed by atoms with E-state index in [0.29, 0.717) is 44.0 Å². The molecule has 2 aliphatic rings. The molecular formula is C44H46ClN3O5S. The van der Waals surface area contributed by atoms with Crippen molar-refractivity contribution >= 4 is 58.1 Å². The third kappa shape index (κ3) is 9.62. The lowest BCUT2D eigenvalue weighted by molar-refractivity contribution is -0.137. The maximum absolute atomic E-state index is 13.1. The maximum Gasteiger partial charge on any atom is 0.255 e. The van der Waals surface area contributed by atoms with Crippen molar-refractivity contribution in [2.24, 2.45) is 0 Å². The Morgan fingerprint density at radius 3 is 2.26 bits per heavy atom. The summed E-state index contributed by atoms with van der Waals surface area (Å²) in [5, 5.41) is 2.36. The van der Waals surface area contributed by atoms with Gasteiger partial charge in [-0.1, -0.05) is 85.3 Å². The first kappa shape index (κ1) is 38.9. The Hall–Kier alpha value is -4.86. The van der Waals surface area contributed by atoms with E-state index in [2.05, 4.69) is 66.0 Å². The van der Waals surface area contributed by atoms with Crippen molar-refractivity contribution in [3.05, 3.63) is 131 Å². The van der Waals surface area contributed by atoms with Crippen LogP contribution in [0.15, 0.2) is 108 Å². The smallest absolute Gasteiger partial charge is 0.255 e. The number of carbonyl (C=O) groups excluding carboxylic acids is 4. The molecule has 1 unspecified atom stereocenters. The van der Waals surface area contributed by atoms with Gasteiger partial charge in [0.05, 0.1) is 6.54 Å². The molecular weight excluding hydrogens is 718 g/mol. The van der Waals surface area contributed by atoms with E-state index >= 15 is 0 Å². The molecule has 2 heterocycles. The van der Waals surface area contributed by atoms with Crippen LogP contribution < -0.4 is 10.1 Å². The third-order valence-electron chi connectivity index (χ3n) is 9.93. The summed E-state index contributed by atoms with van der Waals surface area (Å²) in [6, 6.07) is 34.0. The van der Waals surface area contributed by atoms with Crippen molar-refractivity contribution in [3.8, 4) is 5.75 Å². The standard InChI is InChI=1S/C44H46ClN3O5S/c1-47(27-28-53-34-21-19-33(20-22-34)42(32-14-7-3-8-15-32)35(25-26-45)31-12-5-2-6-13-31)41(50)18-9-4-10-29-54-39-17-11-16-36-37(39)30-48(44(36)52)38-23-24-40(49)46-43(38)51/h2-3,5-8,11-17,19-22,38H,4,9-10,18,23-30H2,1H3,(H,46,49,51). The zero-order chi connectivity index (χ0) is 37.9. The molecule has 4 aromatic carbocycles. The molecule has 8 nitrogen and oxygen atoms in total. The number of piperidine rings is 1. The Labute approximate surface area is 326 Å². The molecule has 0 saturated carbocycles.